The Morgan fingerprint density at radius 3 is 2.15 bits per heavy atom. The molecule has 1 fully saturated rings. The summed E-state index contributed by atoms with van der Waals surface area (Å²) in [7, 11) is -4.25. The van der Waals surface area contributed by atoms with Crippen molar-refractivity contribution >= 4 is 39.1 Å². The Labute approximate surface area is 281 Å². The number of carbonyl (C=O) groups is 2. The molecule has 0 spiro atoms. The molecule has 2 amide bonds. The largest absolute Gasteiger partial charge is 0.352 e. The van der Waals surface area contributed by atoms with Crippen molar-refractivity contribution in [2.45, 2.75) is 69.0 Å². The van der Waals surface area contributed by atoms with E-state index in [0.29, 0.717) is 16.1 Å². The summed E-state index contributed by atoms with van der Waals surface area (Å²) in [6.45, 7) is 1.06. The monoisotopic (exact) mass is 675 g/mol. The van der Waals surface area contributed by atoms with Gasteiger partial charge in [-0.25, -0.2) is 12.8 Å². The zero-order valence-corrected chi connectivity index (χ0v) is 27.9. The number of carbonyl (C=O) groups excluding carboxylic acids is 2. The molecule has 10 heteroatoms. The Balaban J connectivity index is 1.58. The van der Waals surface area contributed by atoms with Gasteiger partial charge in [0.1, 0.15) is 18.4 Å². The van der Waals surface area contributed by atoms with Crippen molar-refractivity contribution in [1.82, 2.24) is 10.2 Å². The molecule has 1 unspecified atom stereocenters. The summed E-state index contributed by atoms with van der Waals surface area (Å²) in [5, 5.41) is 3.53. The maximum atomic E-state index is 14.6. The van der Waals surface area contributed by atoms with Crippen LogP contribution in [0.2, 0.25) is 5.02 Å². The average Bonchev–Trinajstić information content (AvgIpc) is 3.08. The summed E-state index contributed by atoms with van der Waals surface area (Å²) in [6.07, 6.45) is 5.05. The van der Waals surface area contributed by atoms with Crippen LogP contribution in [0, 0.1) is 12.7 Å². The van der Waals surface area contributed by atoms with Crippen LogP contribution < -0.4 is 9.62 Å². The number of benzene rings is 4. The van der Waals surface area contributed by atoms with Crippen molar-refractivity contribution in [1.29, 1.82) is 0 Å². The van der Waals surface area contributed by atoms with Crippen LogP contribution in [0.15, 0.2) is 108 Å². The van der Waals surface area contributed by atoms with Gasteiger partial charge in [0, 0.05) is 24.0 Å². The van der Waals surface area contributed by atoms with E-state index < -0.39 is 34.3 Å². The van der Waals surface area contributed by atoms with E-state index >= 15 is 0 Å². The summed E-state index contributed by atoms with van der Waals surface area (Å²) >= 11 is 6.45. The van der Waals surface area contributed by atoms with Crippen molar-refractivity contribution < 1.29 is 22.4 Å². The lowest BCUT2D eigenvalue weighted by atomic mass is 9.94. The third-order valence-electron chi connectivity index (χ3n) is 8.61. The molecule has 0 heterocycles. The lowest BCUT2D eigenvalue weighted by Gasteiger charge is -2.35. The highest BCUT2D eigenvalue weighted by molar-refractivity contribution is 7.92. The van der Waals surface area contributed by atoms with E-state index in [9.17, 15) is 22.4 Å². The van der Waals surface area contributed by atoms with Gasteiger partial charge in [0.2, 0.25) is 11.8 Å². The molecule has 7 nitrogen and oxygen atoms in total. The van der Waals surface area contributed by atoms with Crippen LogP contribution >= 0.6 is 11.6 Å². The number of hydrogen-bond acceptors (Lipinski definition) is 4. The van der Waals surface area contributed by atoms with E-state index in [2.05, 4.69) is 5.32 Å². The second-order valence-electron chi connectivity index (χ2n) is 11.9. The van der Waals surface area contributed by atoms with Crippen molar-refractivity contribution in [2.24, 2.45) is 0 Å². The van der Waals surface area contributed by atoms with Crippen LogP contribution in [0.25, 0.3) is 0 Å². The highest BCUT2D eigenvalue weighted by Crippen LogP contribution is 2.31. The van der Waals surface area contributed by atoms with Gasteiger partial charge in [0.15, 0.2) is 0 Å². The van der Waals surface area contributed by atoms with Gasteiger partial charge in [-0.1, -0.05) is 97.6 Å². The second-order valence-corrected chi connectivity index (χ2v) is 14.2. The molecular weight excluding hydrogens is 637 g/mol. The first kappa shape index (κ1) is 34.1. The predicted octanol–water partition coefficient (Wildman–Crippen LogP) is 7.07. The molecular formula is C37H39ClFN3O4S. The average molecular weight is 676 g/mol. The topological polar surface area (TPSA) is 86.8 Å². The minimum Gasteiger partial charge on any atom is -0.352 e. The maximum Gasteiger partial charge on any atom is 0.264 e. The minimum absolute atomic E-state index is 0.00753. The molecule has 246 valence electrons. The number of hydrogen-bond donors (Lipinski definition) is 1. The van der Waals surface area contributed by atoms with Crippen molar-refractivity contribution in [3.8, 4) is 0 Å². The first-order chi connectivity index (χ1) is 22.6. The van der Waals surface area contributed by atoms with E-state index in [1.54, 1.807) is 55.5 Å². The van der Waals surface area contributed by atoms with Gasteiger partial charge < -0.3 is 10.2 Å². The lowest BCUT2D eigenvalue weighted by Crippen LogP contribution is -2.55. The van der Waals surface area contributed by atoms with Crippen molar-refractivity contribution in [3.63, 3.8) is 0 Å². The zero-order chi connectivity index (χ0) is 33.4. The lowest BCUT2D eigenvalue weighted by molar-refractivity contribution is -0.140. The molecule has 47 heavy (non-hydrogen) atoms. The predicted molar refractivity (Wildman–Crippen MR) is 183 cm³/mol. The smallest absolute Gasteiger partial charge is 0.264 e. The highest BCUT2D eigenvalue weighted by Gasteiger charge is 2.36. The number of nitrogens with one attached hydrogen (secondary N) is 1. The third-order valence-corrected chi connectivity index (χ3v) is 10.8. The van der Waals surface area contributed by atoms with Crippen LogP contribution in [0.1, 0.15) is 48.8 Å². The molecule has 5 rings (SSSR count). The highest BCUT2D eigenvalue weighted by atomic mass is 35.5. The number of sulfonamides is 1. The maximum absolute atomic E-state index is 14.6. The van der Waals surface area contributed by atoms with Crippen LogP contribution in [0.4, 0.5) is 10.1 Å². The fourth-order valence-electron chi connectivity index (χ4n) is 5.98. The van der Waals surface area contributed by atoms with E-state index in [0.717, 1.165) is 42.0 Å². The molecule has 0 radical (unpaired) electrons. The van der Waals surface area contributed by atoms with E-state index in [1.807, 2.05) is 30.3 Å². The second kappa shape index (κ2) is 15.6. The van der Waals surface area contributed by atoms with E-state index in [-0.39, 0.29) is 35.5 Å². The van der Waals surface area contributed by atoms with Crippen LogP contribution in [-0.4, -0.2) is 43.8 Å². The Bertz CT molecular complexity index is 1770. The molecule has 4 aromatic carbocycles. The molecule has 1 aliphatic rings. The van der Waals surface area contributed by atoms with E-state index in [4.69, 9.17) is 11.6 Å². The Morgan fingerprint density at radius 2 is 1.49 bits per heavy atom. The molecule has 1 N–H and O–H groups in total. The normalized spacial score (nSPS) is 14.3. The van der Waals surface area contributed by atoms with Gasteiger partial charge in [-0.3, -0.25) is 13.9 Å². The fraction of sp³-hybridized carbons (Fsp3) is 0.297. The SMILES string of the molecule is Cc1c(Cl)cccc1N(CC(=O)N(Cc1ccc(F)cc1)C(Cc1ccccc1)C(=O)NC1CCCCC1)S(=O)(=O)c1ccccc1. The number of nitrogens with zero attached hydrogens (tertiary/aromatic N) is 2. The van der Waals surface area contributed by atoms with Gasteiger partial charge in [-0.15, -0.1) is 0 Å². The van der Waals surface area contributed by atoms with Crippen LogP contribution in [0.3, 0.4) is 0 Å². The van der Waals surface area contributed by atoms with Gasteiger partial charge in [-0.2, -0.15) is 0 Å². The number of halogens is 2. The Morgan fingerprint density at radius 1 is 0.851 bits per heavy atom. The first-order valence-electron chi connectivity index (χ1n) is 15.8. The summed E-state index contributed by atoms with van der Waals surface area (Å²) in [5.41, 5.74) is 2.18. The Kier molecular flexibility index (Phi) is 11.3. The third kappa shape index (κ3) is 8.58. The quantitative estimate of drug-likeness (QED) is 0.174. The summed E-state index contributed by atoms with van der Waals surface area (Å²) < 4.78 is 43.4. The van der Waals surface area contributed by atoms with Crippen LogP contribution in [-0.2, 0) is 32.6 Å². The zero-order valence-electron chi connectivity index (χ0n) is 26.3. The molecule has 1 saturated carbocycles. The molecule has 1 atom stereocenters. The summed E-state index contributed by atoms with van der Waals surface area (Å²) in [5.74, 6) is -1.33. The molecule has 0 bridgehead atoms. The molecule has 4 aromatic rings. The minimum atomic E-state index is -4.25. The molecule has 1 aliphatic carbocycles. The van der Waals surface area contributed by atoms with Gasteiger partial charge >= 0.3 is 0 Å². The first-order valence-corrected chi connectivity index (χ1v) is 17.7. The molecule has 0 saturated heterocycles. The Hall–Kier alpha value is -4.21. The van der Waals surface area contributed by atoms with Gasteiger partial charge in [0.25, 0.3) is 10.0 Å². The number of amides is 2. The van der Waals surface area contributed by atoms with Gasteiger partial charge in [-0.05, 0) is 72.9 Å². The summed E-state index contributed by atoms with van der Waals surface area (Å²) in [4.78, 5) is 30.2. The molecule has 0 aromatic heterocycles. The van der Waals surface area contributed by atoms with E-state index in [1.165, 1.54) is 29.2 Å². The summed E-state index contributed by atoms with van der Waals surface area (Å²) in [6, 6.07) is 26.9. The fourth-order valence-corrected chi connectivity index (χ4v) is 7.65. The number of anilines is 1. The van der Waals surface area contributed by atoms with Crippen molar-refractivity contribution in [2.75, 3.05) is 10.8 Å². The number of rotatable bonds is 12. The standard InChI is InChI=1S/C37H39ClFN3O4S/c1-27-33(38)18-11-19-34(27)42(47(45,46)32-16-9-4-10-17-32)26-36(43)41(25-29-20-22-30(39)23-21-29)35(24-28-12-5-2-6-13-28)37(44)40-31-14-7-3-8-15-31/h2,4-6,9-13,16-23,31,35H,3,7-8,14-15,24-26H2,1H3,(H,40,44). The van der Waals surface area contributed by atoms with Gasteiger partial charge in [0.05, 0.1) is 10.6 Å². The molecule has 0 aliphatic heterocycles. The van der Waals surface area contributed by atoms with Crippen molar-refractivity contribution in [3.05, 3.63) is 131 Å². The van der Waals surface area contributed by atoms with Crippen LogP contribution in [0.5, 0.6) is 0 Å².